The van der Waals surface area contributed by atoms with Crippen LogP contribution in [0.3, 0.4) is 0 Å². The van der Waals surface area contributed by atoms with Gasteiger partial charge < -0.3 is 20.5 Å². The molecular weight excluding hydrogens is 310 g/mol. The third-order valence-electron chi connectivity index (χ3n) is 2.23. The molecular formula is C12H13ClF2N2O4. The van der Waals surface area contributed by atoms with E-state index in [1.807, 2.05) is 0 Å². The lowest BCUT2D eigenvalue weighted by Gasteiger charge is -2.09. The second-order valence-corrected chi connectivity index (χ2v) is 4.25. The van der Waals surface area contributed by atoms with Gasteiger partial charge in [0.2, 0.25) is 0 Å². The molecule has 2 amide bonds. The summed E-state index contributed by atoms with van der Waals surface area (Å²) < 4.78 is 28.1. The summed E-state index contributed by atoms with van der Waals surface area (Å²) in [5.41, 5.74) is 0.0949. The minimum Gasteiger partial charge on any atom is -0.478 e. The zero-order chi connectivity index (χ0) is 15.8. The maximum Gasteiger partial charge on any atom is 0.337 e. The van der Waals surface area contributed by atoms with Crippen molar-refractivity contribution in [2.45, 2.75) is 6.43 Å². The molecule has 9 heteroatoms. The molecule has 6 nitrogen and oxygen atoms in total. The SMILES string of the molecule is O=C(NCCOCC(F)F)Nc1ccc(Cl)c(C(=O)O)c1. The Morgan fingerprint density at radius 1 is 1.38 bits per heavy atom. The van der Waals surface area contributed by atoms with Crippen LogP contribution in [0, 0.1) is 0 Å². The standard InChI is InChI=1S/C12H13ClF2N2O4/c13-9-2-1-7(5-8(9)11(18)19)17-12(20)16-3-4-21-6-10(14)15/h1-2,5,10H,3-4,6H2,(H,18,19)(H2,16,17,20). The Kier molecular flexibility index (Phi) is 6.83. The molecule has 0 spiro atoms. The van der Waals surface area contributed by atoms with Crippen molar-refractivity contribution in [2.75, 3.05) is 25.1 Å². The summed E-state index contributed by atoms with van der Waals surface area (Å²) in [6.45, 7) is -0.709. The molecule has 0 aliphatic carbocycles. The van der Waals surface area contributed by atoms with E-state index in [2.05, 4.69) is 15.4 Å². The van der Waals surface area contributed by atoms with Crippen molar-refractivity contribution in [2.24, 2.45) is 0 Å². The van der Waals surface area contributed by atoms with Gasteiger partial charge in [-0.3, -0.25) is 0 Å². The smallest absolute Gasteiger partial charge is 0.337 e. The molecule has 116 valence electrons. The number of nitrogens with one attached hydrogen (secondary N) is 2. The van der Waals surface area contributed by atoms with Gasteiger partial charge in [-0.2, -0.15) is 0 Å². The number of ether oxygens (including phenoxy) is 1. The zero-order valence-corrected chi connectivity index (χ0v) is 11.5. The lowest BCUT2D eigenvalue weighted by molar-refractivity contribution is 0.0194. The van der Waals surface area contributed by atoms with Crippen molar-refractivity contribution < 1.29 is 28.2 Å². The number of urea groups is 1. The van der Waals surface area contributed by atoms with Gasteiger partial charge in [0.05, 0.1) is 17.2 Å². The molecule has 3 N–H and O–H groups in total. The minimum atomic E-state index is -2.55. The summed E-state index contributed by atoms with van der Waals surface area (Å²) in [4.78, 5) is 22.3. The molecule has 0 heterocycles. The van der Waals surface area contributed by atoms with Crippen molar-refractivity contribution in [3.8, 4) is 0 Å². The third-order valence-corrected chi connectivity index (χ3v) is 2.56. The molecule has 0 aromatic heterocycles. The molecule has 0 atom stereocenters. The normalized spacial score (nSPS) is 10.5. The summed E-state index contributed by atoms with van der Waals surface area (Å²) in [5.74, 6) is -1.22. The summed E-state index contributed by atoms with van der Waals surface area (Å²) in [7, 11) is 0. The van der Waals surface area contributed by atoms with E-state index in [-0.39, 0.29) is 29.4 Å². The highest BCUT2D eigenvalue weighted by molar-refractivity contribution is 6.33. The summed E-state index contributed by atoms with van der Waals surface area (Å²) in [5, 5.41) is 13.7. The van der Waals surface area contributed by atoms with Crippen LogP contribution in [0.1, 0.15) is 10.4 Å². The average molecular weight is 323 g/mol. The number of alkyl halides is 2. The van der Waals surface area contributed by atoms with E-state index in [9.17, 15) is 18.4 Å². The van der Waals surface area contributed by atoms with Gasteiger partial charge in [0.15, 0.2) is 0 Å². The summed E-state index contributed by atoms with van der Waals surface area (Å²) in [6, 6.07) is 3.36. The predicted molar refractivity (Wildman–Crippen MR) is 72.3 cm³/mol. The first kappa shape index (κ1) is 17.1. The number of rotatable bonds is 7. The number of carboxylic acids is 1. The molecule has 0 bridgehead atoms. The number of hydrogen-bond donors (Lipinski definition) is 3. The van der Waals surface area contributed by atoms with Crippen molar-refractivity contribution >= 4 is 29.3 Å². The quantitative estimate of drug-likeness (QED) is 0.673. The van der Waals surface area contributed by atoms with E-state index < -0.39 is 25.0 Å². The molecule has 21 heavy (non-hydrogen) atoms. The average Bonchev–Trinajstić information content (AvgIpc) is 2.40. The summed E-state index contributed by atoms with van der Waals surface area (Å²) in [6.07, 6.45) is -2.55. The van der Waals surface area contributed by atoms with Crippen LogP contribution in [0.4, 0.5) is 19.3 Å². The lowest BCUT2D eigenvalue weighted by atomic mass is 10.2. The number of halogens is 3. The van der Waals surface area contributed by atoms with Crippen LogP contribution in [0.2, 0.25) is 5.02 Å². The Hall–Kier alpha value is -1.93. The van der Waals surface area contributed by atoms with Crippen LogP contribution in [-0.2, 0) is 4.74 Å². The molecule has 0 unspecified atom stereocenters. The van der Waals surface area contributed by atoms with Crippen LogP contribution >= 0.6 is 11.6 Å². The summed E-state index contributed by atoms with van der Waals surface area (Å²) >= 11 is 5.68. The van der Waals surface area contributed by atoms with E-state index in [1.54, 1.807) is 0 Å². The van der Waals surface area contributed by atoms with E-state index in [4.69, 9.17) is 16.7 Å². The minimum absolute atomic E-state index is 0.0396. The highest BCUT2D eigenvalue weighted by Crippen LogP contribution is 2.20. The largest absolute Gasteiger partial charge is 0.478 e. The van der Waals surface area contributed by atoms with Gasteiger partial charge in [-0.05, 0) is 18.2 Å². The fourth-order valence-electron chi connectivity index (χ4n) is 1.35. The number of carbonyl (C=O) groups excluding carboxylic acids is 1. The first-order valence-electron chi connectivity index (χ1n) is 5.83. The molecule has 0 radical (unpaired) electrons. The predicted octanol–water partition coefficient (Wildman–Crippen LogP) is 2.44. The molecule has 1 aromatic rings. The molecule has 0 saturated heterocycles. The van der Waals surface area contributed by atoms with E-state index >= 15 is 0 Å². The first-order chi connectivity index (χ1) is 9.90. The number of carboxylic acid groups (broad SMARTS) is 1. The maximum atomic E-state index is 11.8. The van der Waals surface area contributed by atoms with Gasteiger partial charge in [0.25, 0.3) is 6.43 Å². The highest BCUT2D eigenvalue weighted by Gasteiger charge is 2.10. The second kappa shape index (κ2) is 8.38. The second-order valence-electron chi connectivity index (χ2n) is 3.85. The number of benzene rings is 1. The monoisotopic (exact) mass is 322 g/mol. The number of carbonyl (C=O) groups is 2. The van der Waals surface area contributed by atoms with Crippen molar-refractivity contribution in [3.63, 3.8) is 0 Å². The van der Waals surface area contributed by atoms with Gasteiger partial charge in [-0.1, -0.05) is 11.6 Å². The fraction of sp³-hybridized carbons (Fsp3) is 0.333. The Balaban J connectivity index is 2.41. The Morgan fingerprint density at radius 3 is 2.71 bits per heavy atom. The Bertz CT molecular complexity index is 514. The number of aromatic carboxylic acids is 1. The molecule has 1 rings (SSSR count). The molecule has 1 aromatic carbocycles. The van der Waals surface area contributed by atoms with Crippen molar-refractivity contribution in [1.82, 2.24) is 5.32 Å². The van der Waals surface area contributed by atoms with Crippen LogP contribution < -0.4 is 10.6 Å². The van der Waals surface area contributed by atoms with E-state index in [0.29, 0.717) is 0 Å². The number of anilines is 1. The number of amides is 2. The van der Waals surface area contributed by atoms with Gasteiger partial charge in [0.1, 0.15) is 6.61 Å². The van der Waals surface area contributed by atoms with Crippen molar-refractivity contribution in [3.05, 3.63) is 28.8 Å². The first-order valence-corrected chi connectivity index (χ1v) is 6.21. The van der Waals surface area contributed by atoms with Gasteiger partial charge in [-0.25, -0.2) is 18.4 Å². The van der Waals surface area contributed by atoms with Crippen LogP contribution in [0.5, 0.6) is 0 Å². The maximum absolute atomic E-state index is 11.8. The zero-order valence-electron chi connectivity index (χ0n) is 10.7. The van der Waals surface area contributed by atoms with Crippen LogP contribution in [-0.4, -0.2) is 43.3 Å². The van der Waals surface area contributed by atoms with Crippen LogP contribution in [0.15, 0.2) is 18.2 Å². The fourth-order valence-corrected chi connectivity index (χ4v) is 1.55. The van der Waals surface area contributed by atoms with Gasteiger partial charge in [0, 0.05) is 12.2 Å². The topological polar surface area (TPSA) is 87.7 Å². The van der Waals surface area contributed by atoms with Crippen LogP contribution in [0.25, 0.3) is 0 Å². The van der Waals surface area contributed by atoms with E-state index in [1.165, 1.54) is 18.2 Å². The molecule has 0 saturated carbocycles. The lowest BCUT2D eigenvalue weighted by Crippen LogP contribution is -2.32. The highest BCUT2D eigenvalue weighted by atomic mass is 35.5. The van der Waals surface area contributed by atoms with E-state index in [0.717, 1.165) is 0 Å². The van der Waals surface area contributed by atoms with Gasteiger partial charge >= 0.3 is 12.0 Å². The van der Waals surface area contributed by atoms with Gasteiger partial charge in [-0.15, -0.1) is 0 Å². The third kappa shape index (κ3) is 6.37. The molecule has 0 aliphatic heterocycles. The number of hydrogen-bond acceptors (Lipinski definition) is 3. The Labute approximate surface area is 124 Å². The van der Waals surface area contributed by atoms with Crippen molar-refractivity contribution in [1.29, 1.82) is 0 Å². The molecule has 0 aliphatic rings. The molecule has 0 fully saturated rings. The Morgan fingerprint density at radius 2 is 2.10 bits per heavy atom.